The van der Waals surface area contributed by atoms with Gasteiger partial charge in [-0.3, -0.25) is 14.4 Å². The number of carbonyl (C=O) groups excluding carboxylic acids is 3. The van der Waals surface area contributed by atoms with Crippen molar-refractivity contribution < 1.29 is 43.2 Å². The number of esters is 3. The Balaban J connectivity index is 3.01. The lowest BCUT2D eigenvalue weighted by Gasteiger charge is -2.42. The Labute approximate surface area is 140 Å². The average molecular weight is 346 g/mol. The van der Waals surface area contributed by atoms with Crippen LogP contribution in [0.25, 0.3) is 0 Å². The zero-order chi connectivity index (χ0) is 18.3. The number of rotatable bonds is 7. The maximum absolute atomic E-state index is 11.3. The molecule has 1 N–H and O–H groups in total. The van der Waals surface area contributed by atoms with E-state index >= 15 is 0 Å². The van der Waals surface area contributed by atoms with E-state index in [9.17, 15) is 19.5 Å². The molecule has 0 aliphatic carbocycles. The third-order valence-corrected chi connectivity index (χ3v) is 3.16. The van der Waals surface area contributed by atoms with E-state index < -0.39 is 48.6 Å². The van der Waals surface area contributed by atoms with Gasteiger partial charge in [0.15, 0.2) is 18.5 Å². The number of aliphatic hydroxyl groups excluding tert-OH is 1. The van der Waals surface area contributed by atoms with Crippen LogP contribution in [0.3, 0.4) is 0 Å². The van der Waals surface area contributed by atoms with Crippen LogP contribution in [0, 0.1) is 0 Å². The summed E-state index contributed by atoms with van der Waals surface area (Å²) in [6.45, 7) is 3.60. The molecule has 0 amide bonds. The van der Waals surface area contributed by atoms with E-state index in [0.717, 1.165) is 6.92 Å². The smallest absolute Gasteiger partial charge is 0.303 e. The molecule has 1 saturated heterocycles. The van der Waals surface area contributed by atoms with Crippen molar-refractivity contribution in [3.05, 3.63) is 0 Å². The maximum atomic E-state index is 11.3. The van der Waals surface area contributed by atoms with Gasteiger partial charge in [-0.25, -0.2) is 0 Å². The second kappa shape index (κ2) is 9.60. The number of hydrogen-bond donors (Lipinski definition) is 1. The molecule has 136 valence electrons. The molecule has 0 aromatic heterocycles. The van der Waals surface area contributed by atoms with Gasteiger partial charge in [0, 0.05) is 27.4 Å². The van der Waals surface area contributed by atoms with Gasteiger partial charge in [0.25, 0.3) is 0 Å². The maximum Gasteiger partial charge on any atom is 0.303 e. The Morgan fingerprint density at radius 2 is 1.62 bits per heavy atom. The highest BCUT2D eigenvalue weighted by Crippen LogP contribution is 2.27. The average Bonchev–Trinajstić information content (AvgIpc) is 2.48. The fourth-order valence-electron chi connectivity index (χ4n) is 2.26. The van der Waals surface area contributed by atoms with Crippen molar-refractivity contribution in [3.63, 3.8) is 0 Å². The first-order valence-corrected chi connectivity index (χ1v) is 7.69. The van der Waals surface area contributed by atoms with Crippen molar-refractivity contribution in [1.29, 1.82) is 0 Å². The van der Waals surface area contributed by atoms with Gasteiger partial charge in [-0.15, -0.1) is 0 Å². The predicted molar refractivity (Wildman–Crippen MR) is 81.7 cm³/mol. The van der Waals surface area contributed by atoms with Crippen molar-refractivity contribution in [2.75, 3.05) is 13.2 Å². The monoisotopic (exact) mass is 346 g/mol. The van der Waals surface area contributed by atoms with Gasteiger partial charge in [0.2, 0.25) is 0 Å². The van der Waals surface area contributed by atoms with E-state index in [1.807, 2.05) is 7.85 Å². The summed E-state index contributed by atoms with van der Waals surface area (Å²) in [4.78, 5) is 33.7. The quantitative estimate of drug-likeness (QED) is 0.336. The normalized spacial score (nSPS) is 29.6. The molecule has 0 bridgehead atoms. The topological polar surface area (TPSA) is 118 Å². The third-order valence-electron chi connectivity index (χ3n) is 3.16. The molecule has 1 rings (SSSR count). The van der Waals surface area contributed by atoms with Gasteiger partial charge in [-0.2, -0.15) is 0 Å². The standard InChI is InChI=1S/C14H23BO9/c1-7(16)21-6-10-12(22-8(2)17)13(23-9(3)18)11(19)14(24-10)20-5-4-15/h10-14,19H,4-6,15H2,1-3H3. The molecule has 1 heterocycles. The first-order chi connectivity index (χ1) is 11.3. The molecule has 1 aliphatic heterocycles. The van der Waals surface area contributed by atoms with Gasteiger partial charge in [-0.05, 0) is 0 Å². The SMILES string of the molecule is BCCOC1OC(COC(C)=O)C(OC(C)=O)C(OC(C)=O)C1O. The van der Waals surface area contributed by atoms with Gasteiger partial charge in [0.1, 0.15) is 26.7 Å². The van der Waals surface area contributed by atoms with Crippen LogP contribution in [-0.4, -0.2) is 74.8 Å². The molecule has 0 aromatic rings. The lowest BCUT2D eigenvalue weighted by molar-refractivity contribution is -0.304. The lowest BCUT2D eigenvalue weighted by Crippen LogP contribution is -2.61. The largest absolute Gasteiger partial charge is 0.463 e. The zero-order valence-electron chi connectivity index (χ0n) is 14.2. The van der Waals surface area contributed by atoms with E-state index in [0.29, 0.717) is 12.9 Å². The van der Waals surface area contributed by atoms with E-state index in [4.69, 9.17) is 23.7 Å². The first kappa shape index (κ1) is 20.4. The van der Waals surface area contributed by atoms with Crippen LogP contribution in [0.15, 0.2) is 0 Å². The molecular weight excluding hydrogens is 323 g/mol. The minimum atomic E-state index is -1.36. The van der Waals surface area contributed by atoms with Crippen molar-refractivity contribution >= 4 is 25.8 Å². The van der Waals surface area contributed by atoms with Crippen LogP contribution in [0.1, 0.15) is 20.8 Å². The lowest BCUT2D eigenvalue weighted by atomic mass is 9.98. The molecule has 24 heavy (non-hydrogen) atoms. The van der Waals surface area contributed by atoms with Crippen LogP contribution < -0.4 is 0 Å². The molecule has 9 nitrogen and oxygen atoms in total. The summed E-state index contributed by atoms with van der Waals surface area (Å²) in [6, 6.07) is 0. The Morgan fingerprint density at radius 3 is 2.12 bits per heavy atom. The zero-order valence-corrected chi connectivity index (χ0v) is 14.2. The second-order valence-corrected chi connectivity index (χ2v) is 5.35. The number of aliphatic hydroxyl groups is 1. The molecule has 5 unspecified atom stereocenters. The Kier molecular flexibility index (Phi) is 8.16. The molecule has 0 aromatic carbocycles. The molecule has 5 atom stereocenters. The van der Waals surface area contributed by atoms with Crippen molar-refractivity contribution in [1.82, 2.24) is 0 Å². The van der Waals surface area contributed by atoms with Gasteiger partial charge >= 0.3 is 17.9 Å². The summed E-state index contributed by atoms with van der Waals surface area (Å²) in [5, 5.41) is 10.4. The fourth-order valence-corrected chi connectivity index (χ4v) is 2.26. The van der Waals surface area contributed by atoms with Crippen LogP contribution in [0.4, 0.5) is 0 Å². The van der Waals surface area contributed by atoms with Gasteiger partial charge in [-0.1, -0.05) is 6.32 Å². The van der Waals surface area contributed by atoms with Crippen molar-refractivity contribution in [3.8, 4) is 0 Å². The van der Waals surface area contributed by atoms with Crippen LogP contribution >= 0.6 is 0 Å². The molecule has 10 heteroatoms. The summed E-state index contributed by atoms with van der Waals surface area (Å²) in [6.07, 6.45) is -5.09. The first-order valence-electron chi connectivity index (χ1n) is 7.69. The molecule has 0 saturated carbocycles. The summed E-state index contributed by atoms with van der Waals surface area (Å²) in [5.74, 6) is -1.88. The highest BCUT2D eigenvalue weighted by Gasteiger charge is 2.50. The van der Waals surface area contributed by atoms with E-state index in [1.165, 1.54) is 13.8 Å². The molecule has 0 spiro atoms. The summed E-state index contributed by atoms with van der Waals surface area (Å²) in [5.41, 5.74) is 0. The van der Waals surface area contributed by atoms with Crippen molar-refractivity contribution in [2.24, 2.45) is 0 Å². The van der Waals surface area contributed by atoms with E-state index in [2.05, 4.69) is 0 Å². The number of hydrogen-bond acceptors (Lipinski definition) is 9. The highest BCUT2D eigenvalue weighted by molar-refractivity contribution is 6.08. The van der Waals surface area contributed by atoms with Crippen LogP contribution in [0.2, 0.25) is 6.32 Å². The van der Waals surface area contributed by atoms with Gasteiger partial charge < -0.3 is 28.8 Å². The fraction of sp³-hybridized carbons (Fsp3) is 0.786. The van der Waals surface area contributed by atoms with Gasteiger partial charge in [0.05, 0.1) is 0 Å². The molecule has 1 aliphatic rings. The summed E-state index contributed by atoms with van der Waals surface area (Å²) in [7, 11) is 1.87. The minimum absolute atomic E-state index is 0.246. The molecule has 0 radical (unpaired) electrons. The molecular formula is C14H23BO9. The second-order valence-electron chi connectivity index (χ2n) is 5.35. The predicted octanol–water partition coefficient (Wildman–Crippen LogP) is -1.43. The van der Waals surface area contributed by atoms with E-state index in [1.54, 1.807) is 0 Å². The molecule has 1 fully saturated rings. The number of carbonyl (C=O) groups is 3. The Bertz CT molecular complexity index is 456. The summed E-state index contributed by atoms with van der Waals surface area (Å²) >= 11 is 0. The van der Waals surface area contributed by atoms with Crippen molar-refractivity contribution in [2.45, 2.75) is 57.8 Å². The Hall–Kier alpha value is -1.65. The van der Waals surface area contributed by atoms with Crippen LogP contribution in [-0.2, 0) is 38.1 Å². The summed E-state index contributed by atoms with van der Waals surface area (Å²) < 4.78 is 26.1. The third kappa shape index (κ3) is 6.10. The Morgan fingerprint density at radius 1 is 1.04 bits per heavy atom. The van der Waals surface area contributed by atoms with Crippen LogP contribution in [0.5, 0.6) is 0 Å². The van der Waals surface area contributed by atoms with E-state index in [-0.39, 0.29) is 6.61 Å². The number of ether oxygens (including phenoxy) is 5. The highest BCUT2D eigenvalue weighted by atomic mass is 16.7. The minimum Gasteiger partial charge on any atom is -0.463 e.